The van der Waals surface area contributed by atoms with Crippen LogP contribution in [0.2, 0.25) is 0 Å². The van der Waals surface area contributed by atoms with Crippen molar-refractivity contribution >= 4 is 17.5 Å². The number of carbonyl (C=O) groups excluding carboxylic acids is 2. The van der Waals surface area contributed by atoms with Crippen LogP contribution in [-0.2, 0) is 20.9 Å². The quantitative estimate of drug-likeness (QED) is 0.841. The average molecular weight is 358 g/mol. The van der Waals surface area contributed by atoms with Crippen LogP contribution < -0.4 is 4.90 Å². The van der Waals surface area contributed by atoms with Crippen LogP contribution in [0.15, 0.2) is 18.2 Å². The van der Waals surface area contributed by atoms with Crippen molar-refractivity contribution in [3.05, 3.63) is 23.8 Å². The van der Waals surface area contributed by atoms with Crippen molar-refractivity contribution in [2.45, 2.75) is 45.1 Å². The van der Waals surface area contributed by atoms with E-state index in [9.17, 15) is 14.7 Å². The number of ether oxygens (including phenoxy) is 1. The Hall–Kier alpha value is -1.92. The third-order valence-electron chi connectivity index (χ3n) is 6.03. The van der Waals surface area contributed by atoms with Crippen LogP contribution in [0.3, 0.4) is 0 Å². The van der Waals surface area contributed by atoms with Gasteiger partial charge in [-0.3, -0.25) is 19.4 Å². The Balaban J connectivity index is 1.54. The molecule has 0 radical (unpaired) electrons. The number of amides is 2. The van der Waals surface area contributed by atoms with Gasteiger partial charge < -0.3 is 9.84 Å². The molecule has 1 saturated carbocycles. The summed E-state index contributed by atoms with van der Waals surface area (Å²) in [6.07, 6.45) is 5.11. The number of nitrogens with zero attached hydrogens (tertiary/aromatic N) is 2. The molecule has 0 bridgehead atoms. The number of hydrogen-bond acceptors (Lipinski definition) is 5. The first-order chi connectivity index (χ1) is 12.6. The van der Waals surface area contributed by atoms with Crippen molar-refractivity contribution < 1.29 is 19.4 Å². The molecule has 0 unspecified atom stereocenters. The van der Waals surface area contributed by atoms with E-state index in [0.29, 0.717) is 38.3 Å². The van der Waals surface area contributed by atoms with E-state index in [1.165, 1.54) is 4.90 Å². The topological polar surface area (TPSA) is 70.1 Å². The van der Waals surface area contributed by atoms with Crippen LogP contribution in [0.4, 0.5) is 5.69 Å². The number of anilines is 1. The van der Waals surface area contributed by atoms with E-state index >= 15 is 0 Å². The van der Waals surface area contributed by atoms with Crippen LogP contribution in [0.5, 0.6) is 5.75 Å². The number of phenols is 1. The minimum atomic E-state index is -0.105. The van der Waals surface area contributed by atoms with Gasteiger partial charge in [-0.15, -0.1) is 0 Å². The van der Waals surface area contributed by atoms with Crippen LogP contribution in [0.25, 0.3) is 0 Å². The fourth-order valence-electron chi connectivity index (χ4n) is 4.61. The number of benzene rings is 1. The lowest BCUT2D eigenvalue weighted by molar-refractivity contribution is -0.133. The van der Waals surface area contributed by atoms with Crippen LogP contribution in [-0.4, -0.2) is 48.1 Å². The number of carbonyl (C=O) groups is 2. The van der Waals surface area contributed by atoms with E-state index in [2.05, 4.69) is 4.90 Å². The Morgan fingerprint density at radius 2 is 1.69 bits per heavy atom. The number of phenolic OH excluding ortho intramolecular Hbond substituents is 1. The van der Waals surface area contributed by atoms with Crippen LogP contribution in [0, 0.1) is 5.41 Å². The Labute approximate surface area is 153 Å². The normalized spacial score (nSPS) is 23.8. The van der Waals surface area contributed by atoms with Gasteiger partial charge in [-0.05, 0) is 36.5 Å². The number of piperidine rings is 1. The van der Waals surface area contributed by atoms with Gasteiger partial charge in [-0.25, -0.2) is 0 Å². The molecule has 2 heterocycles. The number of hydrogen-bond donors (Lipinski definition) is 1. The van der Waals surface area contributed by atoms with Gasteiger partial charge in [0.25, 0.3) is 0 Å². The molecule has 2 amide bonds. The van der Waals surface area contributed by atoms with Crippen molar-refractivity contribution in [1.82, 2.24) is 4.90 Å². The second-order valence-electron chi connectivity index (χ2n) is 7.89. The highest BCUT2D eigenvalue weighted by Gasteiger charge is 2.45. The highest BCUT2D eigenvalue weighted by atomic mass is 16.5. The molecule has 2 saturated heterocycles. The summed E-state index contributed by atoms with van der Waals surface area (Å²) in [7, 11) is 0. The van der Waals surface area contributed by atoms with Crippen LogP contribution in [0.1, 0.15) is 44.1 Å². The minimum Gasteiger partial charge on any atom is -0.508 e. The lowest BCUT2D eigenvalue weighted by Gasteiger charge is -2.37. The lowest BCUT2D eigenvalue weighted by Crippen LogP contribution is -2.47. The largest absolute Gasteiger partial charge is 0.508 e. The molecule has 1 spiro atoms. The summed E-state index contributed by atoms with van der Waals surface area (Å²) in [6.45, 7) is 3.59. The third-order valence-corrected chi connectivity index (χ3v) is 6.03. The van der Waals surface area contributed by atoms with Gasteiger partial charge in [0.15, 0.2) is 0 Å². The van der Waals surface area contributed by atoms with Crippen molar-refractivity contribution in [3.8, 4) is 5.75 Å². The molecular weight excluding hydrogens is 332 g/mol. The van der Waals surface area contributed by atoms with Crippen molar-refractivity contribution in [1.29, 1.82) is 0 Å². The van der Waals surface area contributed by atoms with Gasteiger partial charge in [-0.2, -0.15) is 0 Å². The van der Waals surface area contributed by atoms with Gasteiger partial charge in [0.2, 0.25) is 11.8 Å². The second kappa shape index (κ2) is 7.00. The van der Waals surface area contributed by atoms with E-state index in [0.717, 1.165) is 44.3 Å². The fraction of sp³-hybridized carbons (Fsp3) is 0.600. The van der Waals surface area contributed by atoms with E-state index in [4.69, 9.17) is 4.74 Å². The molecule has 0 atom stereocenters. The Morgan fingerprint density at radius 1 is 1.04 bits per heavy atom. The SMILES string of the molecule is O=C1CC2(CCCC2)CC(=O)N1c1ccc(O)c(CN2CCOCC2)c1. The molecule has 4 rings (SSSR count). The smallest absolute Gasteiger partial charge is 0.234 e. The van der Waals surface area contributed by atoms with E-state index < -0.39 is 0 Å². The monoisotopic (exact) mass is 358 g/mol. The number of morpholine rings is 1. The summed E-state index contributed by atoms with van der Waals surface area (Å²) in [4.78, 5) is 29.1. The molecule has 0 aromatic heterocycles. The van der Waals surface area contributed by atoms with Gasteiger partial charge in [-0.1, -0.05) is 12.8 Å². The molecule has 140 valence electrons. The lowest BCUT2D eigenvalue weighted by atomic mass is 9.76. The maximum Gasteiger partial charge on any atom is 0.234 e. The maximum absolute atomic E-state index is 12.8. The first-order valence-electron chi connectivity index (χ1n) is 9.54. The molecule has 1 aliphatic carbocycles. The Bertz CT molecular complexity index is 686. The highest BCUT2D eigenvalue weighted by molar-refractivity contribution is 6.17. The van der Waals surface area contributed by atoms with Gasteiger partial charge >= 0.3 is 0 Å². The molecule has 3 fully saturated rings. The maximum atomic E-state index is 12.8. The summed E-state index contributed by atoms with van der Waals surface area (Å²) in [6, 6.07) is 5.04. The zero-order chi connectivity index (χ0) is 18.1. The molecule has 26 heavy (non-hydrogen) atoms. The first kappa shape index (κ1) is 17.5. The fourth-order valence-corrected chi connectivity index (χ4v) is 4.61. The number of imide groups is 1. The summed E-state index contributed by atoms with van der Waals surface area (Å²) in [5, 5.41) is 10.2. The Morgan fingerprint density at radius 3 is 2.35 bits per heavy atom. The van der Waals surface area contributed by atoms with E-state index in [1.807, 2.05) is 0 Å². The Kier molecular flexibility index (Phi) is 4.71. The van der Waals surface area contributed by atoms with Crippen molar-refractivity contribution in [3.63, 3.8) is 0 Å². The molecule has 6 heteroatoms. The van der Waals surface area contributed by atoms with Crippen molar-refractivity contribution in [2.75, 3.05) is 31.2 Å². The first-order valence-corrected chi connectivity index (χ1v) is 9.54. The number of rotatable bonds is 3. The summed E-state index contributed by atoms with van der Waals surface area (Å²) < 4.78 is 5.36. The predicted octanol–water partition coefficient (Wildman–Crippen LogP) is 2.44. The standard InChI is InChI=1S/C20H26N2O4/c23-17-4-3-16(11-15(17)14-21-7-9-26-10-8-21)22-18(24)12-20(13-19(22)25)5-1-2-6-20/h3-4,11,23H,1-2,5-10,12-14H2. The molecule has 1 aromatic rings. The van der Waals surface area contributed by atoms with E-state index in [-0.39, 0.29) is 23.0 Å². The molecule has 2 aliphatic heterocycles. The van der Waals surface area contributed by atoms with Gasteiger partial charge in [0, 0.05) is 38.0 Å². The summed E-state index contributed by atoms with van der Waals surface area (Å²) in [5.41, 5.74) is 1.22. The molecule has 3 aliphatic rings. The second-order valence-corrected chi connectivity index (χ2v) is 7.89. The molecule has 6 nitrogen and oxygen atoms in total. The number of aromatic hydroxyl groups is 1. The summed E-state index contributed by atoms with van der Waals surface area (Å²) >= 11 is 0. The zero-order valence-corrected chi connectivity index (χ0v) is 15.1. The zero-order valence-electron chi connectivity index (χ0n) is 15.1. The third kappa shape index (κ3) is 3.35. The van der Waals surface area contributed by atoms with Crippen molar-refractivity contribution in [2.24, 2.45) is 5.41 Å². The molecule has 1 aromatic carbocycles. The predicted molar refractivity (Wildman–Crippen MR) is 96.8 cm³/mol. The average Bonchev–Trinajstić information content (AvgIpc) is 3.05. The summed E-state index contributed by atoms with van der Waals surface area (Å²) in [5.74, 6) is -0.0123. The van der Waals surface area contributed by atoms with Gasteiger partial charge in [0.1, 0.15) is 5.75 Å². The van der Waals surface area contributed by atoms with E-state index in [1.54, 1.807) is 18.2 Å². The highest BCUT2D eigenvalue weighted by Crippen LogP contribution is 2.47. The molecule has 1 N–H and O–H groups in total. The van der Waals surface area contributed by atoms with Crippen LogP contribution >= 0.6 is 0 Å². The van der Waals surface area contributed by atoms with Gasteiger partial charge in [0.05, 0.1) is 18.9 Å². The minimum absolute atomic E-state index is 0.0990. The molecular formula is C20H26N2O4.